The first-order valence-corrected chi connectivity index (χ1v) is 4.74. The lowest BCUT2D eigenvalue weighted by Gasteiger charge is -2.08. The van der Waals surface area contributed by atoms with Crippen molar-refractivity contribution in [3.63, 3.8) is 0 Å². The molecule has 0 bridgehead atoms. The van der Waals surface area contributed by atoms with Gasteiger partial charge < -0.3 is 5.32 Å². The van der Waals surface area contributed by atoms with Crippen LogP contribution in [0.2, 0.25) is 0 Å². The molecule has 0 aliphatic heterocycles. The molecule has 1 rings (SSSR count). The third kappa shape index (κ3) is 1.91. The highest BCUT2D eigenvalue weighted by Gasteiger charge is 2.14. The van der Waals surface area contributed by atoms with Crippen molar-refractivity contribution < 1.29 is 0 Å². The van der Waals surface area contributed by atoms with E-state index in [1.165, 1.54) is 11.3 Å². The SMILES string of the molecule is CNCc1c(C(C)C)c(C)nn1C. The monoisotopic (exact) mass is 181 g/mol. The van der Waals surface area contributed by atoms with E-state index in [0.717, 1.165) is 12.2 Å². The molecule has 0 unspecified atom stereocenters. The van der Waals surface area contributed by atoms with Crippen molar-refractivity contribution in [3.8, 4) is 0 Å². The Hall–Kier alpha value is -0.830. The van der Waals surface area contributed by atoms with Crippen LogP contribution in [0.5, 0.6) is 0 Å². The van der Waals surface area contributed by atoms with Gasteiger partial charge >= 0.3 is 0 Å². The number of nitrogens with one attached hydrogen (secondary N) is 1. The number of nitrogens with zero attached hydrogens (tertiary/aromatic N) is 2. The minimum atomic E-state index is 0.553. The normalized spacial score (nSPS) is 11.2. The van der Waals surface area contributed by atoms with Gasteiger partial charge in [-0.05, 0) is 19.9 Å². The Balaban J connectivity index is 3.13. The molecule has 0 saturated heterocycles. The van der Waals surface area contributed by atoms with E-state index < -0.39 is 0 Å². The first kappa shape index (κ1) is 10.3. The number of hydrogen-bond donors (Lipinski definition) is 1. The summed E-state index contributed by atoms with van der Waals surface area (Å²) in [4.78, 5) is 0. The molecule has 13 heavy (non-hydrogen) atoms. The van der Waals surface area contributed by atoms with Gasteiger partial charge in [0.2, 0.25) is 0 Å². The molecule has 1 heterocycles. The Morgan fingerprint density at radius 1 is 1.46 bits per heavy atom. The van der Waals surface area contributed by atoms with Crippen LogP contribution < -0.4 is 5.32 Å². The molecule has 3 heteroatoms. The minimum Gasteiger partial charge on any atom is -0.314 e. The standard InChI is InChI=1S/C10H19N3/c1-7(2)10-8(3)12-13(5)9(10)6-11-4/h7,11H,6H2,1-5H3. The first-order valence-electron chi connectivity index (χ1n) is 4.74. The third-order valence-corrected chi connectivity index (χ3v) is 2.31. The zero-order valence-electron chi connectivity index (χ0n) is 9.18. The molecule has 3 nitrogen and oxygen atoms in total. The Bertz CT molecular complexity index is 287. The third-order valence-electron chi connectivity index (χ3n) is 2.31. The lowest BCUT2D eigenvalue weighted by atomic mass is 10.0. The van der Waals surface area contributed by atoms with Crippen LogP contribution in [-0.2, 0) is 13.6 Å². The molecule has 0 amide bonds. The van der Waals surface area contributed by atoms with Crippen LogP contribution in [0.1, 0.15) is 36.7 Å². The largest absolute Gasteiger partial charge is 0.314 e. The van der Waals surface area contributed by atoms with Crippen molar-refractivity contribution in [1.82, 2.24) is 15.1 Å². The van der Waals surface area contributed by atoms with Crippen molar-refractivity contribution in [2.45, 2.75) is 33.2 Å². The van der Waals surface area contributed by atoms with E-state index in [4.69, 9.17) is 0 Å². The van der Waals surface area contributed by atoms with E-state index in [-0.39, 0.29) is 0 Å². The molecule has 1 aromatic rings. The zero-order chi connectivity index (χ0) is 10.0. The highest BCUT2D eigenvalue weighted by Crippen LogP contribution is 2.22. The molecule has 0 saturated carbocycles. The molecule has 0 aliphatic rings. The van der Waals surface area contributed by atoms with Gasteiger partial charge in [-0.15, -0.1) is 0 Å². The molecule has 74 valence electrons. The second-order valence-corrected chi connectivity index (χ2v) is 3.75. The summed E-state index contributed by atoms with van der Waals surface area (Å²) in [5.74, 6) is 0.553. The van der Waals surface area contributed by atoms with Gasteiger partial charge in [-0.25, -0.2) is 0 Å². The fourth-order valence-electron chi connectivity index (χ4n) is 1.85. The fourth-order valence-corrected chi connectivity index (χ4v) is 1.85. The van der Waals surface area contributed by atoms with Gasteiger partial charge in [-0.1, -0.05) is 13.8 Å². The predicted molar refractivity (Wildman–Crippen MR) is 54.8 cm³/mol. The lowest BCUT2D eigenvalue weighted by molar-refractivity contribution is 0.660. The van der Waals surface area contributed by atoms with Gasteiger partial charge in [-0.3, -0.25) is 4.68 Å². The highest BCUT2D eigenvalue weighted by atomic mass is 15.3. The number of rotatable bonds is 3. The average molecular weight is 181 g/mol. The summed E-state index contributed by atoms with van der Waals surface area (Å²) in [6.07, 6.45) is 0. The van der Waals surface area contributed by atoms with Crippen LogP contribution in [0.15, 0.2) is 0 Å². The number of hydrogen-bond acceptors (Lipinski definition) is 2. The topological polar surface area (TPSA) is 29.9 Å². The van der Waals surface area contributed by atoms with Gasteiger partial charge in [0, 0.05) is 19.2 Å². The van der Waals surface area contributed by atoms with Crippen LogP contribution in [0, 0.1) is 6.92 Å². The van der Waals surface area contributed by atoms with Gasteiger partial charge in [0.15, 0.2) is 0 Å². The Kier molecular flexibility index (Phi) is 3.09. The zero-order valence-corrected chi connectivity index (χ0v) is 9.18. The molecule has 0 spiro atoms. The molecule has 1 aromatic heterocycles. The molecule has 0 radical (unpaired) electrons. The van der Waals surface area contributed by atoms with Crippen molar-refractivity contribution >= 4 is 0 Å². The van der Waals surface area contributed by atoms with Crippen LogP contribution in [-0.4, -0.2) is 16.8 Å². The van der Waals surface area contributed by atoms with Crippen LogP contribution in [0.25, 0.3) is 0 Å². The number of aryl methyl sites for hydroxylation is 2. The van der Waals surface area contributed by atoms with E-state index in [1.54, 1.807) is 0 Å². The van der Waals surface area contributed by atoms with E-state index in [9.17, 15) is 0 Å². The quantitative estimate of drug-likeness (QED) is 0.767. The summed E-state index contributed by atoms with van der Waals surface area (Å²) in [6.45, 7) is 7.39. The van der Waals surface area contributed by atoms with Crippen molar-refractivity contribution in [3.05, 3.63) is 17.0 Å². The molecular weight excluding hydrogens is 162 g/mol. The summed E-state index contributed by atoms with van der Waals surface area (Å²) in [7, 11) is 3.97. The van der Waals surface area contributed by atoms with E-state index in [1.807, 2.05) is 18.8 Å². The van der Waals surface area contributed by atoms with Crippen LogP contribution in [0.4, 0.5) is 0 Å². The van der Waals surface area contributed by atoms with Gasteiger partial charge in [0.1, 0.15) is 0 Å². The molecular formula is C10H19N3. The Labute approximate surface area is 80.1 Å². The maximum atomic E-state index is 4.43. The average Bonchev–Trinajstić information content (AvgIpc) is 2.27. The molecule has 0 fully saturated rings. The first-order chi connectivity index (χ1) is 6.07. The van der Waals surface area contributed by atoms with Gasteiger partial charge in [0.05, 0.1) is 11.4 Å². The summed E-state index contributed by atoms with van der Waals surface area (Å²) in [5.41, 5.74) is 3.84. The minimum absolute atomic E-state index is 0.553. The highest BCUT2D eigenvalue weighted by molar-refractivity contribution is 5.28. The van der Waals surface area contributed by atoms with E-state index in [2.05, 4.69) is 31.2 Å². The van der Waals surface area contributed by atoms with Crippen molar-refractivity contribution in [2.24, 2.45) is 7.05 Å². The van der Waals surface area contributed by atoms with E-state index in [0.29, 0.717) is 5.92 Å². The molecule has 0 aromatic carbocycles. The van der Waals surface area contributed by atoms with Gasteiger partial charge in [0.25, 0.3) is 0 Å². The second-order valence-electron chi connectivity index (χ2n) is 3.75. The molecule has 1 N–H and O–H groups in total. The van der Waals surface area contributed by atoms with Crippen LogP contribution >= 0.6 is 0 Å². The maximum Gasteiger partial charge on any atom is 0.0631 e. The summed E-state index contributed by atoms with van der Waals surface area (Å²) in [6, 6.07) is 0. The van der Waals surface area contributed by atoms with Crippen LogP contribution in [0.3, 0.4) is 0 Å². The second kappa shape index (κ2) is 3.92. The maximum absolute atomic E-state index is 4.43. The number of aromatic nitrogens is 2. The summed E-state index contributed by atoms with van der Waals surface area (Å²) >= 11 is 0. The smallest absolute Gasteiger partial charge is 0.0631 e. The van der Waals surface area contributed by atoms with E-state index >= 15 is 0 Å². The molecule has 0 atom stereocenters. The summed E-state index contributed by atoms with van der Waals surface area (Å²) < 4.78 is 1.97. The van der Waals surface area contributed by atoms with Crippen molar-refractivity contribution in [2.75, 3.05) is 7.05 Å². The Morgan fingerprint density at radius 3 is 2.54 bits per heavy atom. The lowest BCUT2D eigenvalue weighted by Crippen LogP contribution is -2.12. The van der Waals surface area contributed by atoms with Crippen molar-refractivity contribution in [1.29, 1.82) is 0 Å². The molecule has 0 aliphatic carbocycles. The summed E-state index contributed by atoms with van der Waals surface area (Å²) in [5, 5.41) is 7.60. The van der Waals surface area contributed by atoms with Gasteiger partial charge in [-0.2, -0.15) is 5.10 Å². The predicted octanol–water partition coefficient (Wildman–Crippen LogP) is 1.57. The fraction of sp³-hybridized carbons (Fsp3) is 0.700. The Morgan fingerprint density at radius 2 is 2.08 bits per heavy atom.